The largest absolute Gasteiger partial charge is 0.370 e. The number of guanidine groups is 1. The molecule has 0 radical (unpaired) electrons. The number of para-hydroxylation sites is 1. The van der Waals surface area contributed by atoms with Crippen LogP contribution < -0.4 is 11.1 Å². The Bertz CT molecular complexity index is 628. The summed E-state index contributed by atoms with van der Waals surface area (Å²) >= 11 is 0. The fourth-order valence-corrected chi connectivity index (χ4v) is 2.16. The first-order chi connectivity index (χ1) is 10.7. The number of benzene rings is 1. The number of hydrogen-bond donors (Lipinski definition) is 2. The summed E-state index contributed by atoms with van der Waals surface area (Å²) in [4.78, 5) is 4.28. The summed E-state index contributed by atoms with van der Waals surface area (Å²) in [5, 5.41) is 7.53. The third-order valence-electron chi connectivity index (χ3n) is 3.34. The summed E-state index contributed by atoms with van der Waals surface area (Å²) < 4.78 is 1.92. The quantitative estimate of drug-likeness (QED) is 0.356. The van der Waals surface area contributed by atoms with Crippen LogP contribution in [0.2, 0.25) is 0 Å². The summed E-state index contributed by atoms with van der Waals surface area (Å²) in [6.07, 6.45) is 5.73. The van der Waals surface area contributed by atoms with Crippen LogP contribution in [0.1, 0.15) is 17.7 Å². The van der Waals surface area contributed by atoms with Gasteiger partial charge in [-0.2, -0.15) is 5.10 Å². The van der Waals surface area contributed by atoms with Gasteiger partial charge in [0.15, 0.2) is 5.96 Å². The number of aromatic nitrogens is 2. The van der Waals surface area contributed by atoms with E-state index in [9.17, 15) is 0 Å². The molecule has 0 bridgehead atoms. The molecule has 0 aliphatic carbocycles. The lowest BCUT2D eigenvalue weighted by Gasteiger charge is -2.02. The minimum atomic E-state index is 0.469. The van der Waals surface area contributed by atoms with Crippen LogP contribution in [0.5, 0.6) is 0 Å². The molecule has 5 heteroatoms. The molecule has 0 saturated heterocycles. The molecule has 2 aromatic rings. The SMILES string of the molecule is C=CCNC(N)=NCCCc1cn(-c2ccccc2)nc1C. The van der Waals surface area contributed by atoms with Crippen LogP contribution in [-0.2, 0) is 6.42 Å². The van der Waals surface area contributed by atoms with Crippen LogP contribution in [0.4, 0.5) is 0 Å². The second kappa shape index (κ2) is 8.02. The number of nitrogens with two attached hydrogens (primary N) is 1. The molecular weight excluding hydrogens is 274 g/mol. The Morgan fingerprint density at radius 1 is 1.41 bits per heavy atom. The highest BCUT2D eigenvalue weighted by Crippen LogP contribution is 2.13. The van der Waals surface area contributed by atoms with E-state index in [1.807, 2.05) is 41.9 Å². The number of hydrogen-bond acceptors (Lipinski definition) is 2. The maximum atomic E-state index is 5.72. The van der Waals surface area contributed by atoms with E-state index < -0.39 is 0 Å². The van der Waals surface area contributed by atoms with Crippen LogP contribution in [0.3, 0.4) is 0 Å². The fourth-order valence-electron chi connectivity index (χ4n) is 2.16. The van der Waals surface area contributed by atoms with Gasteiger partial charge >= 0.3 is 0 Å². The second-order valence-corrected chi connectivity index (χ2v) is 5.06. The molecule has 0 atom stereocenters. The second-order valence-electron chi connectivity index (χ2n) is 5.06. The van der Waals surface area contributed by atoms with E-state index >= 15 is 0 Å². The van der Waals surface area contributed by atoms with Gasteiger partial charge in [-0.05, 0) is 37.5 Å². The number of nitrogens with one attached hydrogen (secondary N) is 1. The van der Waals surface area contributed by atoms with Crippen LogP contribution in [-0.4, -0.2) is 28.8 Å². The van der Waals surface area contributed by atoms with Crippen LogP contribution in [0, 0.1) is 6.92 Å². The summed E-state index contributed by atoms with van der Waals surface area (Å²) in [5.74, 6) is 0.469. The third kappa shape index (κ3) is 4.48. The first kappa shape index (κ1) is 15.8. The van der Waals surface area contributed by atoms with Crippen molar-refractivity contribution in [2.45, 2.75) is 19.8 Å². The van der Waals surface area contributed by atoms with Gasteiger partial charge in [0.25, 0.3) is 0 Å². The first-order valence-electron chi connectivity index (χ1n) is 7.46. The molecule has 3 N–H and O–H groups in total. The minimum absolute atomic E-state index is 0.469. The van der Waals surface area contributed by atoms with Crippen molar-refractivity contribution < 1.29 is 0 Å². The minimum Gasteiger partial charge on any atom is -0.370 e. The molecular formula is C17H23N5. The van der Waals surface area contributed by atoms with Crippen molar-refractivity contribution in [2.24, 2.45) is 10.7 Å². The Labute approximate surface area is 131 Å². The van der Waals surface area contributed by atoms with Crippen molar-refractivity contribution >= 4 is 5.96 Å². The van der Waals surface area contributed by atoms with E-state index in [1.165, 1.54) is 5.56 Å². The van der Waals surface area contributed by atoms with Gasteiger partial charge in [-0.3, -0.25) is 4.99 Å². The van der Waals surface area contributed by atoms with Crippen molar-refractivity contribution in [1.29, 1.82) is 0 Å². The van der Waals surface area contributed by atoms with Gasteiger partial charge in [0, 0.05) is 19.3 Å². The fraction of sp³-hybridized carbons (Fsp3) is 0.294. The molecule has 116 valence electrons. The average Bonchev–Trinajstić information content (AvgIpc) is 2.91. The first-order valence-corrected chi connectivity index (χ1v) is 7.46. The molecule has 0 unspecified atom stereocenters. The van der Waals surface area contributed by atoms with Crippen LogP contribution in [0.25, 0.3) is 5.69 Å². The van der Waals surface area contributed by atoms with E-state index in [0.717, 1.165) is 24.2 Å². The molecule has 22 heavy (non-hydrogen) atoms. The standard InChI is InChI=1S/C17H23N5/c1-3-11-19-17(18)20-12-7-8-15-13-22(21-14(15)2)16-9-5-4-6-10-16/h3-6,9-10,13H,1,7-8,11-12H2,2H3,(H3,18,19,20). The lowest BCUT2D eigenvalue weighted by atomic mass is 10.1. The van der Waals surface area contributed by atoms with E-state index in [1.54, 1.807) is 6.08 Å². The van der Waals surface area contributed by atoms with Gasteiger partial charge in [-0.1, -0.05) is 24.3 Å². The van der Waals surface area contributed by atoms with Crippen molar-refractivity contribution in [2.75, 3.05) is 13.1 Å². The zero-order valence-electron chi connectivity index (χ0n) is 13.0. The topological polar surface area (TPSA) is 68.2 Å². The molecule has 2 rings (SSSR count). The molecule has 0 saturated carbocycles. The summed E-state index contributed by atoms with van der Waals surface area (Å²) in [5.41, 5.74) is 9.11. The summed E-state index contributed by atoms with van der Waals surface area (Å²) in [6.45, 7) is 7.00. The molecule has 0 amide bonds. The summed E-state index contributed by atoms with van der Waals surface area (Å²) in [6, 6.07) is 10.1. The molecule has 1 heterocycles. The molecule has 1 aromatic carbocycles. The van der Waals surface area contributed by atoms with E-state index in [2.05, 4.69) is 28.2 Å². The molecule has 1 aromatic heterocycles. The normalized spacial score (nSPS) is 11.4. The Balaban J connectivity index is 1.89. The third-order valence-corrected chi connectivity index (χ3v) is 3.34. The molecule has 0 fully saturated rings. The highest BCUT2D eigenvalue weighted by atomic mass is 15.3. The van der Waals surface area contributed by atoms with Crippen molar-refractivity contribution in [1.82, 2.24) is 15.1 Å². The van der Waals surface area contributed by atoms with Crippen LogP contribution in [0.15, 0.2) is 54.2 Å². The van der Waals surface area contributed by atoms with Gasteiger partial charge in [0.05, 0.1) is 11.4 Å². The van der Waals surface area contributed by atoms with E-state index in [0.29, 0.717) is 19.0 Å². The smallest absolute Gasteiger partial charge is 0.188 e. The molecule has 0 aliphatic rings. The maximum Gasteiger partial charge on any atom is 0.188 e. The molecule has 5 nitrogen and oxygen atoms in total. The lowest BCUT2D eigenvalue weighted by molar-refractivity contribution is 0.819. The summed E-state index contributed by atoms with van der Waals surface area (Å²) in [7, 11) is 0. The molecule has 0 aliphatic heterocycles. The Kier molecular flexibility index (Phi) is 5.77. The lowest BCUT2D eigenvalue weighted by Crippen LogP contribution is -2.31. The van der Waals surface area contributed by atoms with Crippen LogP contribution >= 0.6 is 0 Å². The Morgan fingerprint density at radius 2 is 2.18 bits per heavy atom. The monoisotopic (exact) mass is 297 g/mol. The number of nitrogens with zero attached hydrogens (tertiary/aromatic N) is 3. The Morgan fingerprint density at radius 3 is 2.91 bits per heavy atom. The predicted octanol–water partition coefficient (Wildman–Crippen LogP) is 2.20. The van der Waals surface area contributed by atoms with Crippen molar-refractivity contribution in [3.63, 3.8) is 0 Å². The zero-order valence-corrected chi connectivity index (χ0v) is 13.0. The van der Waals surface area contributed by atoms with E-state index in [-0.39, 0.29) is 0 Å². The predicted molar refractivity (Wildman–Crippen MR) is 91.3 cm³/mol. The highest BCUT2D eigenvalue weighted by molar-refractivity contribution is 5.77. The van der Waals surface area contributed by atoms with Crippen molar-refractivity contribution in [3.8, 4) is 5.69 Å². The van der Waals surface area contributed by atoms with Gasteiger partial charge in [-0.15, -0.1) is 6.58 Å². The maximum absolute atomic E-state index is 5.72. The van der Waals surface area contributed by atoms with E-state index in [4.69, 9.17) is 5.73 Å². The van der Waals surface area contributed by atoms with Crippen molar-refractivity contribution in [3.05, 3.63) is 60.4 Å². The van der Waals surface area contributed by atoms with Gasteiger partial charge in [0.2, 0.25) is 0 Å². The highest BCUT2D eigenvalue weighted by Gasteiger charge is 2.05. The number of aliphatic imine (C=N–C) groups is 1. The van der Waals surface area contributed by atoms with Gasteiger partial charge in [0.1, 0.15) is 0 Å². The van der Waals surface area contributed by atoms with Gasteiger partial charge < -0.3 is 11.1 Å². The van der Waals surface area contributed by atoms with Gasteiger partial charge in [-0.25, -0.2) is 4.68 Å². The Hall–Kier alpha value is -2.56. The average molecular weight is 297 g/mol. The number of rotatable bonds is 7. The molecule has 0 spiro atoms. The zero-order chi connectivity index (χ0) is 15.8. The number of aryl methyl sites for hydroxylation is 2.